The molecular weight excluding hydrogens is 184 g/mol. The predicted molar refractivity (Wildman–Crippen MR) is 54.0 cm³/mol. The van der Waals surface area contributed by atoms with E-state index >= 15 is 0 Å². The van der Waals surface area contributed by atoms with Crippen LogP contribution in [0.15, 0.2) is 6.20 Å². The highest BCUT2D eigenvalue weighted by Crippen LogP contribution is 2.13. The molecule has 80 valence electrons. The molecule has 0 fully saturated rings. The maximum Gasteiger partial charge on any atom is 0.171 e. The van der Waals surface area contributed by atoms with Gasteiger partial charge in [-0.1, -0.05) is 0 Å². The van der Waals surface area contributed by atoms with Gasteiger partial charge in [0.2, 0.25) is 0 Å². The van der Waals surface area contributed by atoms with E-state index in [0.717, 1.165) is 0 Å². The summed E-state index contributed by atoms with van der Waals surface area (Å²) in [6.07, 6.45) is 1.15. The molecule has 0 amide bonds. The highest BCUT2D eigenvalue weighted by molar-refractivity contribution is 5.59. The van der Waals surface area contributed by atoms with E-state index in [-0.39, 0.29) is 0 Å². The zero-order valence-electron chi connectivity index (χ0n) is 8.40. The van der Waals surface area contributed by atoms with Crippen LogP contribution >= 0.6 is 0 Å². The average Bonchev–Trinajstić information content (AvgIpc) is 2.42. The van der Waals surface area contributed by atoms with E-state index < -0.39 is 6.10 Å². The van der Waals surface area contributed by atoms with Gasteiger partial charge in [-0.3, -0.25) is 4.68 Å². The molecule has 0 saturated heterocycles. The fourth-order valence-electron chi connectivity index (χ4n) is 1.11. The molecule has 0 bridgehead atoms. The van der Waals surface area contributed by atoms with Gasteiger partial charge >= 0.3 is 0 Å². The Morgan fingerprint density at radius 2 is 2.50 bits per heavy atom. The zero-order chi connectivity index (χ0) is 10.6. The van der Waals surface area contributed by atoms with Gasteiger partial charge in [-0.2, -0.15) is 5.10 Å². The van der Waals surface area contributed by atoms with Crippen LogP contribution in [0.5, 0.6) is 0 Å². The molecule has 0 aliphatic rings. The van der Waals surface area contributed by atoms with Crippen LogP contribution in [-0.2, 0) is 11.8 Å². The number of aliphatic hydroxyl groups is 1. The topological polar surface area (TPSA) is 85.3 Å². The number of anilines is 2. The van der Waals surface area contributed by atoms with Gasteiger partial charge in [-0.05, 0) is 0 Å². The van der Waals surface area contributed by atoms with Crippen molar-refractivity contribution in [1.29, 1.82) is 0 Å². The van der Waals surface area contributed by atoms with Crippen molar-refractivity contribution in [1.82, 2.24) is 9.78 Å². The molecule has 14 heavy (non-hydrogen) atoms. The van der Waals surface area contributed by atoms with Crippen LogP contribution in [0.2, 0.25) is 0 Å². The van der Waals surface area contributed by atoms with Gasteiger partial charge in [0.1, 0.15) is 0 Å². The molecule has 1 aromatic heterocycles. The Bertz CT molecular complexity index is 287. The summed E-state index contributed by atoms with van der Waals surface area (Å²) < 4.78 is 6.39. The molecule has 0 aliphatic heterocycles. The third-order valence-corrected chi connectivity index (χ3v) is 1.72. The first-order chi connectivity index (χ1) is 6.63. The first kappa shape index (κ1) is 10.8. The predicted octanol–water partition coefficient (Wildman–Crippen LogP) is -0.578. The SMILES string of the molecule is COCC(O)CNc1nn(C)cc1N. The van der Waals surface area contributed by atoms with Crippen molar-refractivity contribution in [2.45, 2.75) is 6.10 Å². The van der Waals surface area contributed by atoms with Crippen LogP contribution in [0.4, 0.5) is 11.5 Å². The smallest absolute Gasteiger partial charge is 0.171 e. The second-order valence-electron chi connectivity index (χ2n) is 3.10. The largest absolute Gasteiger partial charge is 0.394 e. The van der Waals surface area contributed by atoms with Crippen LogP contribution in [0.3, 0.4) is 0 Å². The van der Waals surface area contributed by atoms with Crippen molar-refractivity contribution in [3.05, 3.63) is 6.20 Å². The number of aryl methyl sites for hydroxylation is 1. The van der Waals surface area contributed by atoms with Gasteiger partial charge in [-0.15, -0.1) is 0 Å². The number of nitrogens with two attached hydrogens (primary N) is 1. The normalized spacial score (nSPS) is 12.8. The lowest BCUT2D eigenvalue weighted by Gasteiger charge is -2.10. The van der Waals surface area contributed by atoms with Gasteiger partial charge in [0.25, 0.3) is 0 Å². The van der Waals surface area contributed by atoms with Crippen molar-refractivity contribution >= 4 is 11.5 Å². The number of hydrogen-bond acceptors (Lipinski definition) is 5. The molecule has 0 aromatic carbocycles. The molecule has 0 aliphatic carbocycles. The second-order valence-corrected chi connectivity index (χ2v) is 3.10. The highest BCUT2D eigenvalue weighted by Gasteiger charge is 2.06. The van der Waals surface area contributed by atoms with Crippen LogP contribution < -0.4 is 11.1 Å². The molecule has 0 radical (unpaired) electrons. The summed E-state index contributed by atoms with van der Waals surface area (Å²) >= 11 is 0. The van der Waals surface area contributed by atoms with E-state index in [1.807, 2.05) is 0 Å². The molecule has 1 unspecified atom stereocenters. The second kappa shape index (κ2) is 4.83. The summed E-state index contributed by atoms with van der Waals surface area (Å²) in [5.74, 6) is 0.586. The number of hydrogen-bond donors (Lipinski definition) is 3. The van der Waals surface area contributed by atoms with Crippen molar-refractivity contribution in [3.63, 3.8) is 0 Å². The standard InChI is InChI=1S/C8H16N4O2/c1-12-4-7(9)8(11-12)10-3-6(13)5-14-2/h4,6,13H,3,5,9H2,1-2H3,(H,10,11). The molecule has 1 atom stereocenters. The summed E-state index contributed by atoms with van der Waals surface area (Å²) in [4.78, 5) is 0. The number of nitrogens with zero attached hydrogens (tertiary/aromatic N) is 2. The molecule has 6 heteroatoms. The minimum absolute atomic E-state index is 0.291. The fourth-order valence-corrected chi connectivity index (χ4v) is 1.11. The number of ether oxygens (including phenoxy) is 1. The number of methoxy groups -OCH3 is 1. The summed E-state index contributed by atoms with van der Waals surface area (Å²) in [5.41, 5.74) is 6.21. The van der Waals surface area contributed by atoms with Gasteiger partial charge in [0.15, 0.2) is 5.82 Å². The van der Waals surface area contributed by atoms with Gasteiger partial charge in [0, 0.05) is 26.9 Å². The Morgan fingerprint density at radius 1 is 1.79 bits per heavy atom. The molecule has 6 nitrogen and oxygen atoms in total. The quantitative estimate of drug-likeness (QED) is 0.592. The number of rotatable bonds is 5. The molecule has 1 aromatic rings. The van der Waals surface area contributed by atoms with Crippen molar-refractivity contribution in [3.8, 4) is 0 Å². The number of aromatic nitrogens is 2. The summed E-state index contributed by atoms with van der Waals surface area (Å²) in [6, 6.07) is 0. The number of aliphatic hydroxyl groups excluding tert-OH is 1. The zero-order valence-corrected chi connectivity index (χ0v) is 8.40. The Hall–Kier alpha value is -1.27. The fraction of sp³-hybridized carbons (Fsp3) is 0.625. The lowest BCUT2D eigenvalue weighted by Crippen LogP contribution is -2.24. The highest BCUT2D eigenvalue weighted by atomic mass is 16.5. The molecule has 0 spiro atoms. The average molecular weight is 200 g/mol. The Labute approximate surface area is 82.7 Å². The van der Waals surface area contributed by atoms with E-state index in [9.17, 15) is 5.11 Å². The monoisotopic (exact) mass is 200 g/mol. The maximum absolute atomic E-state index is 9.35. The third-order valence-electron chi connectivity index (χ3n) is 1.72. The van der Waals surface area contributed by atoms with Crippen LogP contribution in [0, 0.1) is 0 Å². The lowest BCUT2D eigenvalue weighted by molar-refractivity contribution is 0.0727. The van der Waals surface area contributed by atoms with Gasteiger partial charge in [-0.25, -0.2) is 0 Å². The Morgan fingerprint density at radius 3 is 3.00 bits per heavy atom. The molecule has 0 saturated carbocycles. The first-order valence-corrected chi connectivity index (χ1v) is 4.33. The third kappa shape index (κ3) is 2.90. The summed E-state index contributed by atoms with van der Waals surface area (Å²) in [7, 11) is 3.32. The molecular formula is C8H16N4O2. The Balaban J connectivity index is 2.41. The van der Waals surface area contributed by atoms with Crippen molar-refractivity contribution in [2.24, 2.45) is 7.05 Å². The molecule has 1 heterocycles. The first-order valence-electron chi connectivity index (χ1n) is 4.33. The molecule has 4 N–H and O–H groups in total. The van der Waals surface area contributed by atoms with Crippen LogP contribution in [0.25, 0.3) is 0 Å². The van der Waals surface area contributed by atoms with E-state index in [2.05, 4.69) is 10.4 Å². The number of nitrogens with one attached hydrogen (secondary N) is 1. The van der Waals surface area contributed by atoms with E-state index in [4.69, 9.17) is 10.5 Å². The minimum atomic E-state index is -0.554. The maximum atomic E-state index is 9.35. The summed E-state index contributed by atoms with van der Waals surface area (Å²) in [5, 5.41) is 16.3. The van der Waals surface area contributed by atoms with Crippen LogP contribution in [0.1, 0.15) is 0 Å². The van der Waals surface area contributed by atoms with E-state index in [1.165, 1.54) is 0 Å². The summed E-state index contributed by atoms with van der Waals surface area (Å²) in [6.45, 7) is 0.661. The molecule has 1 rings (SSSR count). The Kier molecular flexibility index (Phi) is 3.73. The minimum Gasteiger partial charge on any atom is -0.394 e. The number of nitrogen functional groups attached to an aromatic ring is 1. The van der Waals surface area contributed by atoms with Crippen LogP contribution in [-0.4, -0.2) is 41.3 Å². The lowest BCUT2D eigenvalue weighted by atomic mass is 10.3. The van der Waals surface area contributed by atoms with Crippen molar-refractivity contribution in [2.75, 3.05) is 31.3 Å². The van der Waals surface area contributed by atoms with E-state index in [1.54, 1.807) is 25.0 Å². The van der Waals surface area contributed by atoms with Gasteiger partial charge < -0.3 is 20.9 Å². The van der Waals surface area contributed by atoms with Gasteiger partial charge in [0.05, 0.1) is 18.4 Å². The van der Waals surface area contributed by atoms with Crippen molar-refractivity contribution < 1.29 is 9.84 Å². The van der Waals surface area contributed by atoms with E-state index in [0.29, 0.717) is 24.7 Å².